The van der Waals surface area contributed by atoms with Gasteiger partial charge in [0, 0.05) is 29.2 Å². The highest BCUT2D eigenvalue weighted by Crippen LogP contribution is 2.14. The summed E-state index contributed by atoms with van der Waals surface area (Å²) in [6.07, 6.45) is 0.469. The molecule has 0 bridgehead atoms. The monoisotopic (exact) mass is 259 g/mol. The molecule has 1 N–H and O–H groups in total. The van der Waals surface area contributed by atoms with Gasteiger partial charge in [-0.15, -0.1) is 0 Å². The summed E-state index contributed by atoms with van der Waals surface area (Å²) < 4.78 is 0. The van der Waals surface area contributed by atoms with Crippen molar-refractivity contribution in [1.82, 2.24) is 0 Å². The van der Waals surface area contributed by atoms with E-state index in [2.05, 4.69) is 5.32 Å². The number of rotatable bonds is 5. The molecule has 0 amide bonds. The van der Waals surface area contributed by atoms with Crippen LogP contribution in [0.2, 0.25) is 5.02 Å². The molecule has 0 atom stereocenters. The van der Waals surface area contributed by atoms with Gasteiger partial charge in [0.15, 0.2) is 5.78 Å². The van der Waals surface area contributed by atoms with Crippen molar-refractivity contribution in [3.8, 4) is 0 Å². The molecule has 0 radical (unpaired) electrons. The number of anilines is 1. The lowest BCUT2D eigenvalue weighted by Gasteiger charge is -2.06. The maximum atomic E-state index is 11.8. The topological polar surface area (TPSA) is 29.1 Å². The first-order valence-corrected chi connectivity index (χ1v) is 6.21. The Morgan fingerprint density at radius 1 is 1.06 bits per heavy atom. The van der Waals surface area contributed by atoms with E-state index in [1.165, 1.54) is 0 Å². The van der Waals surface area contributed by atoms with E-state index in [0.29, 0.717) is 18.0 Å². The summed E-state index contributed by atoms with van der Waals surface area (Å²) in [6, 6.07) is 16.8. The number of benzene rings is 2. The van der Waals surface area contributed by atoms with E-state index in [0.717, 1.165) is 11.3 Å². The molecule has 0 aliphatic rings. The third kappa shape index (κ3) is 3.60. The van der Waals surface area contributed by atoms with Crippen LogP contribution in [0.3, 0.4) is 0 Å². The van der Waals surface area contributed by atoms with Crippen molar-refractivity contribution in [2.75, 3.05) is 11.9 Å². The van der Waals surface area contributed by atoms with Crippen LogP contribution in [0.15, 0.2) is 54.6 Å². The van der Waals surface area contributed by atoms with Crippen LogP contribution in [0.1, 0.15) is 16.8 Å². The van der Waals surface area contributed by atoms with Crippen molar-refractivity contribution in [3.05, 3.63) is 65.2 Å². The molecule has 0 saturated heterocycles. The molecule has 0 aromatic heterocycles. The first-order chi connectivity index (χ1) is 8.75. The fourth-order valence-electron chi connectivity index (χ4n) is 1.69. The second-order valence-electron chi connectivity index (χ2n) is 3.98. The molecule has 0 aliphatic carbocycles. The standard InChI is InChI=1S/C15H14ClNO/c16-13-7-4-8-14(11-13)17-10-9-15(18)12-5-2-1-3-6-12/h1-8,11,17H,9-10H2. The van der Waals surface area contributed by atoms with Crippen LogP contribution < -0.4 is 5.32 Å². The lowest BCUT2D eigenvalue weighted by atomic mass is 10.1. The van der Waals surface area contributed by atoms with Gasteiger partial charge in [0.05, 0.1) is 0 Å². The average molecular weight is 260 g/mol. The molecule has 0 aliphatic heterocycles. The minimum Gasteiger partial charge on any atom is -0.385 e. The third-order valence-electron chi connectivity index (χ3n) is 2.60. The molecular formula is C15H14ClNO. The summed E-state index contributed by atoms with van der Waals surface area (Å²) in [5, 5.41) is 3.87. The van der Waals surface area contributed by atoms with Gasteiger partial charge in [-0.2, -0.15) is 0 Å². The van der Waals surface area contributed by atoms with Crippen molar-refractivity contribution in [2.45, 2.75) is 6.42 Å². The molecule has 92 valence electrons. The van der Waals surface area contributed by atoms with Crippen molar-refractivity contribution in [1.29, 1.82) is 0 Å². The number of hydrogen-bond donors (Lipinski definition) is 1. The van der Waals surface area contributed by atoms with Gasteiger partial charge in [0.1, 0.15) is 0 Å². The van der Waals surface area contributed by atoms with Crippen LogP contribution in [0.25, 0.3) is 0 Å². The Balaban J connectivity index is 1.84. The summed E-state index contributed by atoms with van der Waals surface area (Å²) >= 11 is 5.88. The maximum absolute atomic E-state index is 11.8. The third-order valence-corrected chi connectivity index (χ3v) is 2.84. The number of nitrogens with one attached hydrogen (secondary N) is 1. The van der Waals surface area contributed by atoms with Crippen molar-refractivity contribution < 1.29 is 4.79 Å². The number of halogens is 1. The predicted octanol–water partition coefficient (Wildman–Crippen LogP) is 4.02. The molecule has 0 saturated carbocycles. The Morgan fingerprint density at radius 3 is 2.56 bits per heavy atom. The summed E-state index contributed by atoms with van der Waals surface area (Å²) in [6.45, 7) is 0.605. The number of hydrogen-bond acceptors (Lipinski definition) is 2. The molecule has 2 aromatic carbocycles. The molecule has 0 spiro atoms. The van der Waals surface area contributed by atoms with E-state index >= 15 is 0 Å². The van der Waals surface area contributed by atoms with Gasteiger partial charge in [-0.05, 0) is 18.2 Å². The van der Waals surface area contributed by atoms with Crippen molar-refractivity contribution in [3.63, 3.8) is 0 Å². The Morgan fingerprint density at radius 2 is 1.83 bits per heavy atom. The molecule has 0 fully saturated rings. The minimum absolute atomic E-state index is 0.144. The summed E-state index contributed by atoms with van der Waals surface area (Å²) in [5.41, 5.74) is 1.69. The molecule has 2 rings (SSSR count). The van der Waals surface area contributed by atoms with Gasteiger partial charge >= 0.3 is 0 Å². The highest BCUT2D eigenvalue weighted by atomic mass is 35.5. The van der Waals surface area contributed by atoms with Crippen LogP contribution in [0, 0.1) is 0 Å². The highest BCUT2D eigenvalue weighted by molar-refractivity contribution is 6.30. The van der Waals surface area contributed by atoms with Gasteiger partial charge in [-0.3, -0.25) is 4.79 Å². The zero-order valence-electron chi connectivity index (χ0n) is 9.90. The van der Waals surface area contributed by atoms with Crippen LogP contribution in [0.4, 0.5) is 5.69 Å². The minimum atomic E-state index is 0.144. The Kier molecular flexibility index (Phi) is 4.37. The zero-order chi connectivity index (χ0) is 12.8. The second-order valence-corrected chi connectivity index (χ2v) is 4.41. The number of Topliss-reactive ketones (excluding diaryl/α,β-unsaturated/α-hetero) is 1. The maximum Gasteiger partial charge on any atom is 0.164 e. The molecule has 18 heavy (non-hydrogen) atoms. The van der Waals surface area contributed by atoms with Gasteiger partial charge in [0.25, 0.3) is 0 Å². The zero-order valence-corrected chi connectivity index (χ0v) is 10.7. The lowest BCUT2D eigenvalue weighted by molar-refractivity contribution is 0.0986. The summed E-state index contributed by atoms with van der Waals surface area (Å²) in [4.78, 5) is 11.8. The summed E-state index contributed by atoms with van der Waals surface area (Å²) in [5.74, 6) is 0.144. The van der Waals surface area contributed by atoms with Gasteiger partial charge in [-0.25, -0.2) is 0 Å². The number of carbonyl (C=O) groups is 1. The van der Waals surface area contributed by atoms with Crippen LogP contribution in [-0.2, 0) is 0 Å². The first kappa shape index (κ1) is 12.7. The quantitative estimate of drug-likeness (QED) is 0.822. The van der Waals surface area contributed by atoms with E-state index in [4.69, 9.17) is 11.6 Å². The smallest absolute Gasteiger partial charge is 0.164 e. The van der Waals surface area contributed by atoms with Crippen LogP contribution in [-0.4, -0.2) is 12.3 Å². The van der Waals surface area contributed by atoms with Crippen molar-refractivity contribution in [2.24, 2.45) is 0 Å². The van der Waals surface area contributed by atoms with Crippen LogP contribution >= 0.6 is 11.6 Å². The van der Waals surface area contributed by atoms with Gasteiger partial charge < -0.3 is 5.32 Å². The Bertz CT molecular complexity index is 525. The highest BCUT2D eigenvalue weighted by Gasteiger charge is 2.04. The molecule has 3 heteroatoms. The molecule has 0 unspecified atom stereocenters. The normalized spacial score (nSPS) is 10.1. The Hall–Kier alpha value is -1.80. The first-order valence-electron chi connectivity index (χ1n) is 5.83. The van der Waals surface area contributed by atoms with E-state index in [1.54, 1.807) is 0 Å². The average Bonchev–Trinajstić information content (AvgIpc) is 2.40. The molecular weight excluding hydrogens is 246 g/mol. The largest absolute Gasteiger partial charge is 0.385 e. The number of carbonyl (C=O) groups excluding carboxylic acids is 1. The number of ketones is 1. The summed E-state index contributed by atoms with van der Waals surface area (Å²) in [7, 11) is 0. The van der Waals surface area contributed by atoms with Gasteiger partial charge in [-0.1, -0.05) is 48.0 Å². The van der Waals surface area contributed by atoms with E-state index in [-0.39, 0.29) is 5.78 Å². The molecule has 2 nitrogen and oxygen atoms in total. The van der Waals surface area contributed by atoms with E-state index in [9.17, 15) is 4.79 Å². The van der Waals surface area contributed by atoms with E-state index in [1.807, 2.05) is 54.6 Å². The predicted molar refractivity (Wildman–Crippen MR) is 75.3 cm³/mol. The van der Waals surface area contributed by atoms with Gasteiger partial charge in [0.2, 0.25) is 0 Å². The SMILES string of the molecule is O=C(CCNc1cccc(Cl)c1)c1ccccc1. The Labute approximate surface area is 112 Å². The second kappa shape index (κ2) is 6.22. The molecule has 2 aromatic rings. The molecule has 0 heterocycles. The lowest BCUT2D eigenvalue weighted by Crippen LogP contribution is -2.08. The van der Waals surface area contributed by atoms with Crippen molar-refractivity contribution >= 4 is 23.1 Å². The fourth-order valence-corrected chi connectivity index (χ4v) is 1.88. The van der Waals surface area contributed by atoms with E-state index < -0.39 is 0 Å². The fraction of sp³-hybridized carbons (Fsp3) is 0.133. The van der Waals surface area contributed by atoms with Crippen LogP contribution in [0.5, 0.6) is 0 Å².